The van der Waals surface area contributed by atoms with Gasteiger partial charge < -0.3 is 10.5 Å². The summed E-state index contributed by atoms with van der Waals surface area (Å²) in [6.07, 6.45) is -2.25. The molecule has 0 saturated heterocycles. The Labute approximate surface area is 142 Å². The third-order valence-corrected chi connectivity index (χ3v) is 3.64. The van der Waals surface area contributed by atoms with Gasteiger partial charge in [0.05, 0.1) is 5.02 Å². The highest BCUT2D eigenvalue weighted by Gasteiger charge is 2.16. The number of nitrogens with two attached hydrogens (primary N) is 1. The van der Waals surface area contributed by atoms with Crippen LogP contribution >= 0.6 is 23.2 Å². The number of hydrogen-bond donors (Lipinski definition) is 1. The van der Waals surface area contributed by atoms with Crippen molar-refractivity contribution < 1.29 is 17.9 Å². The van der Waals surface area contributed by atoms with Gasteiger partial charge in [-0.25, -0.2) is 13.2 Å². The van der Waals surface area contributed by atoms with E-state index in [1.165, 1.54) is 18.2 Å². The van der Waals surface area contributed by atoms with Gasteiger partial charge in [-0.1, -0.05) is 35.3 Å². The van der Waals surface area contributed by atoms with Gasteiger partial charge in [0.15, 0.2) is 0 Å². The van der Waals surface area contributed by atoms with Crippen molar-refractivity contribution in [3.63, 3.8) is 0 Å². The van der Waals surface area contributed by atoms with E-state index in [1.807, 2.05) is 0 Å². The number of alkyl halides is 2. The number of rotatable bonds is 6. The van der Waals surface area contributed by atoms with Crippen LogP contribution in [0.4, 0.5) is 13.2 Å². The molecular formula is C16H14Cl2F3NO. The summed E-state index contributed by atoms with van der Waals surface area (Å²) in [6, 6.07) is 7.38. The van der Waals surface area contributed by atoms with Crippen LogP contribution in [-0.2, 0) is 6.42 Å². The normalized spacial score (nSPS) is 11.1. The SMILES string of the molecule is NCCc1ccc(-c2cc(Cl)cc(Cl)c2OCC(F)F)cc1F. The average Bonchev–Trinajstić information content (AvgIpc) is 2.47. The van der Waals surface area contributed by atoms with Gasteiger partial charge in [-0.2, -0.15) is 0 Å². The first kappa shape index (κ1) is 17.9. The maximum Gasteiger partial charge on any atom is 0.272 e. The summed E-state index contributed by atoms with van der Waals surface area (Å²) in [7, 11) is 0. The summed E-state index contributed by atoms with van der Waals surface area (Å²) in [5, 5.41) is 0.375. The number of benzene rings is 2. The molecule has 2 aromatic rings. The minimum atomic E-state index is -2.65. The Morgan fingerprint density at radius 3 is 2.48 bits per heavy atom. The molecule has 2 rings (SSSR count). The fourth-order valence-electron chi connectivity index (χ4n) is 2.14. The Bertz CT molecular complexity index is 695. The van der Waals surface area contributed by atoms with E-state index in [4.69, 9.17) is 33.7 Å². The Morgan fingerprint density at radius 2 is 1.87 bits per heavy atom. The smallest absolute Gasteiger partial charge is 0.272 e. The van der Waals surface area contributed by atoms with Crippen molar-refractivity contribution in [3.8, 4) is 16.9 Å². The minimum Gasteiger partial charge on any atom is -0.485 e. The first-order chi connectivity index (χ1) is 10.9. The van der Waals surface area contributed by atoms with Crippen LogP contribution in [0, 0.1) is 5.82 Å². The molecule has 124 valence electrons. The molecule has 0 unspecified atom stereocenters. The first-order valence-corrected chi connectivity index (χ1v) is 7.56. The largest absolute Gasteiger partial charge is 0.485 e. The predicted molar refractivity (Wildman–Crippen MR) is 86.1 cm³/mol. The van der Waals surface area contributed by atoms with Crippen LogP contribution in [0.2, 0.25) is 10.0 Å². The molecule has 0 atom stereocenters. The molecule has 0 aliphatic rings. The molecule has 0 spiro atoms. The maximum absolute atomic E-state index is 14.1. The average molecular weight is 364 g/mol. The van der Waals surface area contributed by atoms with Crippen LogP contribution in [0.3, 0.4) is 0 Å². The molecule has 0 amide bonds. The number of halogens is 5. The molecule has 0 radical (unpaired) electrons. The third kappa shape index (κ3) is 4.53. The second-order valence-corrected chi connectivity index (χ2v) is 5.65. The summed E-state index contributed by atoms with van der Waals surface area (Å²) in [6.45, 7) is -0.496. The van der Waals surface area contributed by atoms with Crippen LogP contribution in [0.15, 0.2) is 30.3 Å². The molecule has 0 aliphatic carbocycles. The van der Waals surface area contributed by atoms with Crippen LogP contribution in [0.1, 0.15) is 5.56 Å². The zero-order valence-electron chi connectivity index (χ0n) is 12.0. The van der Waals surface area contributed by atoms with E-state index in [1.54, 1.807) is 12.1 Å². The van der Waals surface area contributed by atoms with Crippen LogP contribution in [-0.4, -0.2) is 19.6 Å². The van der Waals surface area contributed by atoms with Crippen LogP contribution in [0.25, 0.3) is 11.1 Å². The van der Waals surface area contributed by atoms with E-state index >= 15 is 0 Å². The van der Waals surface area contributed by atoms with Crippen molar-refractivity contribution in [2.24, 2.45) is 5.73 Å². The van der Waals surface area contributed by atoms with Gasteiger partial charge in [-0.15, -0.1) is 0 Å². The fraction of sp³-hybridized carbons (Fsp3) is 0.250. The molecule has 0 aromatic heterocycles. The molecular weight excluding hydrogens is 350 g/mol. The van der Waals surface area contributed by atoms with Gasteiger partial charge in [0, 0.05) is 10.6 Å². The Morgan fingerprint density at radius 1 is 1.13 bits per heavy atom. The lowest BCUT2D eigenvalue weighted by Gasteiger charge is -2.14. The second-order valence-electron chi connectivity index (χ2n) is 4.81. The van der Waals surface area contributed by atoms with Crippen molar-refractivity contribution in [2.75, 3.05) is 13.2 Å². The second kappa shape index (κ2) is 7.90. The molecule has 0 heterocycles. The molecule has 0 fully saturated rings. The molecule has 23 heavy (non-hydrogen) atoms. The van der Waals surface area contributed by atoms with Crippen molar-refractivity contribution in [1.82, 2.24) is 0 Å². The molecule has 0 saturated carbocycles. The van der Waals surface area contributed by atoms with Gasteiger partial charge in [-0.05, 0) is 42.3 Å². The van der Waals surface area contributed by atoms with Gasteiger partial charge in [-0.3, -0.25) is 0 Å². The zero-order valence-corrected chi connectivity index (χ0v) is 13.5. The monoisotopic (exact) mass is 363 g/mol. The zero-order chi connectivity index (χ0) is 17.0. The summed E-state index contributed by atoms with van der Waals surface area (Å²) in [5.41, 5.74) is 6.67. The van der Waals surface area contributed by atoms with E-state index in [0.717, 1.165) is 0 Å². The van der Waals surface area contributed by atoms with E-state index in [2.05, 4.69) is 0 Å². The van der Waals surface area contributed by atoms with Crippen molar-refractivity contribution in [3.05, 3.63) is 51.8 Å². The quantitative estimate of drug-likeness (QED) is 0.788. The Balaban J connectivity index is 2.47. The molecule has 2 N–H and O–H groups in total. The standard InChI is InChI=1S/C16H14Cl2F3NO/c17-11-6-12(16(13(18)7-11)23-8-15(20)21)10-2-1-9(3-4-22)14(19)5-10/h1-2,5-7,15H,3-4,8,22H2. The third-order valence-electron chi connectivity index (χ3n) is 3.14. The van der Waals surface area contributed by atoms with Gasteiger partial charge in [0.25, 0.3) is 6.43 Å². The van der Waals surface area contributed by atoms with Gasteiger partial charge >= 0.3 is 0 Å². The topological polar surface area (TPSA) is 35.2 Å². The summed E-state index contributed by atoms with van der Waals surface area (Å²) in [5.74, 6) is -0.397. The molecule has 2 aromatic carbocycles. The molecule has 0 aliphatic heterocycles. The van der Waals surface area contributed by atoms with Gasteiger partial charge in [0.2, 0.25) is 0 Å². The van der Waals surface area contributed by atoms with Crippen molar-refractivity contribution in [2.45, 2.75) is 12.8 Å². The van der Waals surface area contributed by atoms with Crippen LogP contribution in [0.5, 0.6) is 5.75 Å². The molecule has 0 bridgehead atoms. The Kier molecular flexibility index (Phi) is 6.16. The highest BCUT2D eigenvalue weighted by Crippen LogP contribution is 2.39. The fourth-order valence-corrected chi connectivity index (χ4v) is 2.69. The molecule has 7 heteroatoms. The highest BCUT2D eigenvalue weighted by atomic mass is 35.5. The van der Waals surface area contributed by atoms with E-state index in [-0.39, 0.29) is 10.8 Å². The van der Waals surface area contributed by atoms with E-state index < -0.39 is 18.8 Å². The van der Waals surface area contributed by atoms with Crippen molar-refractivity contribution in [1.29, 1.82) is 0 Å². The lowest BCUT2D eigenvalue weighted by molar-refractivity contribution is 0.0822. The highest BCUT2D eigenvalue weighted by molar-refractivity contribution is 6.36. The Hall–Kier alpha value is -1.43. The summed E-state index contributed by atoms with van der Waals surface area (Å²) in [4.78, 5) is 0. The maximum atomic E-state index is 14.1. The lowest BCUT2D eigenvalue weighted by atomic mass is 10.0. The first-order valence-electron chi connectivity index (χ1n) is 6.81. The number of ether oxygens (including phenoxy) is 1. The van der Waals surface area contributed by atoms with E-state index in [9.17, 15) is 13.2 Å². The number of hydrogen-bond acceptors (Lipinski definition) is 2. The van der Waals surface area contributed by atoms with Crippen molar-refractivity contribution >= 4 is 23.2 Å². The van der Waals surface area contributed by atoms with E-state index in [0.29, 0.717) is 34.7 Å². The van der Waals surface area contributed by atoms with Crippen LogP contribution < -0.4 is 10.5 Å². The predicted octanol–water partition coefficient (Wildman–Crippen LogP) is 4.94. The molecule has 2 nitrogen and oxygen atoms in total. The van der Waals surface area contributed by atoms with Gasteiger partial charge in [0.1, 0.15) is 18.2 Å². The summed E-state index contributed by atoms with van der Waals surface area (Å²) >= 11 is 12.0. The minimum absolute atomic E-state index is 0.0438. The summed E-state index contributed by atoms with van der Waals surface area (Å²) < 4.78 is 44.0. The lowest BCUT2D eigenvalue weighted by Crippen LogP contribution is -2.08.